The van der Waals surface area contributed by atoms with Gasteiger partial charge in [0.25, 0.3) is 0 Å². The Labute approximate surface area is 555 Å². The molecule has 6 saturated heterocycles. The van der Waals surface area contributed by atoms with Crippen molar-refractivity contribution in [2.45, 2.75) is 203 Å². The number of hydrogen-bond donors (Lipinski definition) is 1. The topological polar surface area (TPSA) is 343 Å². The summed E-state index contributed by atoms with van der Waals surface area (Å²) >= 11 is 0. The number of azide groups is 2. The molecule has 0 saturated carbocycles. The van der Waals surface area contributed by atoms with Crippen molar-refractivity contribution in [1.29, 1.82) is 0 Å². The first-order chi connectivity index (χ1) is 46.5. The maximum atomic E-state index is 14.6. The Bertz CT molecular complexity index is 3340. The van der Waals surface area contributed by atoms with Crippen LogP contribution in [0.3, 0.4) is 0 Å². The molecule has 6 aliphatic rings. The zero-order valence-corrected chi connectivity index (χ0v) is 54.8. The molecule has 6 fully saturated rings. The largest absolute Gasteiger partial charge is 0.467 e. The van der Waals surface area contributed by atoms with Crippen molar-refractivity contribution in [3.63, 3.8) is 0 Å². The summed E-state index contributed by atoms with van der Waals surface area (Å²) in [4.78, 5) is 76.7. The van der Waals surface area contributed by atoms with Gasteiger partial charge in [-0.1, -0.05) is 149 Å². The third kappa shape index (κ3) is 16.2. The van der Waals surface area contributed by atoms with E-state index in [1.54, 1.807) is 93.6 Å². The molecule has 1 amide bonds. The van der Waals surface area contributed by atoms with E-state index in [4.69, 9.17) is 75.8 Å². The van der Waals surface area contributed by atoms with Crippen LogP contribution in [0.2, 0.25) is 0 Å². The quantitative estimate of drug-likeness (QED) is 0.0201. The molecule has 6 aliphatic heterocycles. The van der Waals surface area contributed by atoms with Gasteiger partial charge in [-0.2, -0.15) is 0 Å². The van der Waals surface area contributed by atoms with Gasteiger partial charge in [-0.15, -0.1) is 0 Å². The van der Waals surface area contributed by atoms with Gasteiger partial charge in [0.15, 0.2) is 55.5 Å². The lowest BCUT2D eigenvalue weighted by Crippen LogP contribution is -2.68. The van der Waals surface area contributed by atoms with Gasteiger partial charge >= 0.3 is 24.0 Å². The lowest BCUT2D eigenvalue weighted by Gasteiger charge is -2.51. The minimum Gasteiger partial charge on any atom is -0.467 e. The summed E-state index contributed by atoms with van der Waals surface area (Å²) < 4.78 is 104. The van der Waals surface area contributed by atoms with Crippen LogP contribution in [0.4, 0.5) is 4.79 Å². The highest BCUT2D eigenvalue weighted by molar-refractivity contribution is 5.90. The first-order valence-electron chi connectivity index (χ1n) is 32.3. The second-order valence-electron chi connectivity index (χ2n) is 24.7. The number of carbonyl (C=O) groups excluding carboxylic acids is 5. The molecular formula is C68H83N7O21. The Balaban J connectivity index is 0.988. The fourth-order valence-corrected chi connectivity index (χ4v) is 13.3. The van der Waals surface area contributed by atoms with Crippen molar-refractivity contribution in [1.82, 2.24) is 5.32 Å². The molecular weight excluding hydrogens is 1250 g/mol. The van der Waals surface area contributed by atoms with E-state index >= 15 is 0 Å². The van der Waals surface area contributed by atoms with E-state index < -0.39 is 171 Å². The van der Waals surface area contributed by atoms with Gasteiger partial charge in [-0.05, 0) is 84.0 Å². The van der Waals surface area contributed by atoms with E-state index in [1.165, 1.54) is 33.3 Å². The van der Waals surface area contributed by atoms with Gasteiger partial charge in [0.05, 0.1) is 61.8 Å². The summed E-state index contributed by atoms with van der Waals surface area (Å²) in [5.74, 6) is -4.74. The van der Waals surface area contributed by atoms with Crippen molar-refractivity contribution >= 4 is 29.8 Å². The Hall–Kier alpha value is -7.63. The molecule has 96 heavy (non-hydrogen) atoms. The number of hydrogen-bond acceptors (Lipinski definition) is 23. The molecule has 516 valence electrons. The first kappa shape index (κ1) is 71.2. The monoisotopic (exact) mass is 1330 g/mol. The number of fused-ring (bicyclic) bond motifs is 1. The van der Waals surface area contributed by atoms with Crippen molar-refractivity contribution in [3.8, 4) is 0 Å². The second-order valence-corrected chi connectivity index (χ2v) is 24.7. The van der Waals surface area contributed by atoms with Gasteiger partial charge in [0.1, 0.15) is 55.4 Å². The molecule has 25 atom stereocenters. The van der Waals surface area contributed by atoms with E-state index in [1.807, 2.05) is 57.2 Å². The van der Waals surface area contributed by atoms with Crippen LogP contribution in [0.5, 0.6) is 0 Å². The summed E-state index contributed by atoms with van der Waals surface area (Å²) in [6, 6.07) is 31.6. The predicted molar refractivity (Wildman–Crippen MR) is 335 cm³/mol. The molecule has 10 rings (SSSR count). The van der Waals surface area contributed by atoms with Gasteiger partial charge in [0.2, 0.25) is 0 Å². The molecule has 10 unspecified atom stereocenters. The maximum absolute atomic E-state index is 14.6. The average Bonchev–Trinajstić information content (AvgIpc) is 1.26. The molecule has 1 N–H and O–H groups in total. The molecule has 28 heteroatoms. The predicted octanol–water partition coefficient (Wildman–Crippen LogP) is 9.01. The summed E-state index contributed by atoms with van der Waals surface area (Å²) in [7, 11) is 2.56. The molecule has 0 aromatic heterocycles. The van der Waals surface area contributed by atoms with Crippen LogP contribution in [-0.2, 0) is 98.6 Å². The van der Waals surface area contributed by atoms with Gasteiger partial charge in [-0.3, -0.25) is 4.79 Å². The van der Waals surface area contributed by atoms with Crippen LogP contribution in [-0.4, -0.2) is 180 Å². The maximum Gasteiger partial charge on any atom is 0.408 e. The fraction of sp³-hybridized carbons (Fsp3) is 0.574. The summed E-state index contributed by atoms with van der Waals surface area (Å²) in [6.45, 7) is 12.0. The van der Waals surface area contributed by atoms with Crippen LogP contribution < -0.4 is 5.32 Å². The SMILES string of the molecule is CCC1O[C@H](O[C@@H]2C(C(=O)OC)O[C@@H](O[C@@H]3C(CC)O[C@@H](O[C@H]4C(C(C)=O)O[C@@H](O[C@@H]5C(COC(=O)c6ccccc6)O[C@H](OC)C(N=[N+]=[N-])[C@H]5C)[C@@H](OC(=O)c5ccccc5)C4OCc4ccccc4)C4NC(=O)O[C@H]43)C(OCc3ccccc3)[C@H]2C)C(N=[N+]=[N-])[C@@H](C)[C@@H]1C. The third-order valence-corrected chi connectivity index (χ3v) is 18.7. The molecule has 28 nitrogen and oxygen atoms in total. The number of nitrogens with zero attached hydrogens (tertiary/aromatic N) is 6. The van der Waals surface area contributed by atoms with Gasteiger partial charge in [0, 0.05) is 22.9 Å². The number of alkyl carbamates (subject to hydrolysis) is 1. The highest BCUT2D eigenvalue weighted by Crippen LogP contribution is 2.43. The molecule has 0 bridgehead atoms. The Kier molecular flexibility index (Phi) is 24.5. The van der Waals surface area contributed by atoms with Crippen LogP contribution in [0.25, 0.3) is 20.9 Å². The van der Waals surface area contributed by atoms with E-state index in [9.17, 15) is 35.0 Å². The van der Waals surface area contributed by atoms with E-state index in [2.05, 4.69) is 25.4 Å². The van der Waals surface area contributed by atoms with E-state index in [-0.39, 0.29) is 48.7 Å². The molecule has 0 radical (unpaired) electrons. The zero-order chi connectivity index (χ0) is 68.2. The van der Waals surface area contributed by atoms with Crippen molar-refractivity contribution < 1.29 is 99.8 Å². The van der Waals surface area contributed by atoms with Gasteiger partial charge in [-0.25, -0.2) is 19.2 Å². The Morgan fingerprint density at radius 3 is 1.60 bits per heavy atom. The lowest BCUT2D eigenvalue weighted by molar-refractivity contribution is -0.370. The number of esters is 3. The molecule has 0 spiro atoms. The fourth-order valence-electron chi connectivity index (χ4n) is 13.3. The smallest absolute Gasteiger partial charge is 0.408 e. The minimum atomic E-state index is -1.73. The van der Waals surface area contributed by atoms with Crippen LogP contribution in [0, 0.1) is 23.7 Å². The lowest BCUT2D eigenvalue weighted by atomic mass is 9.81. The van der Waals surface area contributed by atoms with E-state index in [0.29, 0.717) is 12.0 Å². The normalized spacial score (nSPS) is 35.7. The summed E-state index contributed by atoms with van der Waals surface area (Å²) in [5.41, 5.74) is 21.4. The molecule has 6 heterocycles. The number of nitrogens with one attached hydrogen (secondary N) is 1. The highest BCUT2D eigenvalue weighted by Gasteiger charge is 2.61. The number of amides is 1. The van der Waals surface area contributed by atoms with E-state index in [0.717, 1.165) is 5.56 Å². The van der Waals surface area contributed by atoms with Crippen LogP contribution in [0.15, 0.2) is 132 Å². The number of carbonyl (C=O) groups is 5. The molecule has 4 aromatic carbocycles. The van der Waals surface area contributed by atoms with Crippen molar-refractivity contribution in [3.05, 3.63) is 164 Å². The Morgan fingerprint density at radius 2 is 1.03 bits per heavy atom. The number of ketones is 1. The molecule has 0 aliphatic carbocycles. The highest BCUT2D eigenvalue weighted by atomic mass is 16.8. The number of benzene rings is 4. The summed E-state index contributed by atoms with van der Waals surface area (Å²) in [6.07, 6.45) is -23.1. The number of Topliss-reactive ketones (excluding diaryl/α,β-unsaturated/α-hetero) is 1. The van der Waals surface area contributed by atoms with Crippen LogP contribution in [0.1, 0.15) is 93.2 Å². The first-order valence-corrected chi connectivity index (χ1v) is 32.3. The number of methoxy groups -OCH3 is 2. The average molecular weight is 1330 g/mol. The van der Waals surface area contributed by atoms with Gasteiger partial charge < -0.3 is 81.1 Å². The zero-order valence-electron chi connectivity index (χ0n) is 54.8. The third-order valence-electron chi connectivity index (χ3n) is 18.7. The van der Waals surface area contributed by atoms with Crippen molar-refractivity contribution in [2.24, 2.45) is 33.9 Å². The number of rotatable bonds is 26. The standard InChI is InChI=1S/C68H83N7O21/c1-10-44-35(3)36(4)47(72-74-69)64(86-44)91-51-38(6)52(83-32-40-24-16-12-17-25-40)66(95-58(51)62(79)81-8)93-54-45(11-2)87-65(49-55(54)96-68(80)71-49)94-57-53(39(7)76)92-67(59(89-61(78)43-30-22-15-23-31-43)56(57)84-33-41-26-18-13-19-27-41)90-50-37(5)48(73-75-70)63(82-9)88-46(50)34-85-60(77)42-28-20-14-21-29-42/h12-31,35-38,44-59,63-67H,10-11,32-34H2,1-9H3,(H,71,80)/t35-,36-,37+,38-,44?,45?,46?,47?,48?,49?,50-,51-,52?,53?,54+,55+,56?,57-,58?,59-,63-,64+,65-,66+,67+/m0/s1. The van der Waals surface area contributed by atoms with Crippen molar-refractivity contribution in [2.75, 3.05) is 20.8 Å². The Morgan fingerprint density at radius 1 is 0.521 bits per heavy atom. The minimum absolute atomic E-state index is 0.00685. The molecule has 4 aromatic rings. The number of ether oxygens (including phenoxy) is 16. The van der Waals surface area contributed by atoms with Crippen LogP contribution >= 0.6 is 0 Å². The summed E-state index contributed by atoms with van der Waals surface area (Å²) in [5, 5.41) is 10.9. The second kappa shape index (κ2) is 33.1.